The van der Waals surface area contributed by atoms with Gasteiger partial charge >= 0.3 is 0 Å². The van der Waals surface area contributed by atoms with Gasteiger partial charge in [-0.05, 0) is 46.2 Å². The highest BCUT2D eigenvalue weighted by Gasteiger charge is 2.16. The molecule has 3 nitrogen and oxygen atoms in total. The Hall–Kier alpha value is -1.87. The largest absolute Gasteiger partial charge is 0.346 e. The minimum Gasteiger partial charge on any atom is -0.346 e. The van der Waals surface area contributed by atoms with E-state index in [1.807, 2.05) is 19.1 Å². The normalized spacial score (nSPS) is 11.2. The summed E-state index contributed by atoms with van der Waals surface area (Å²) < 4.78 is 2.22. The first-order valence-corrected chi connectivity index (χ1v) is 7.88. The minimum absolute atomic E-state index is 0.160. The first-order chi connectivity index (χ1) is 10.4. The molecule has 22 heavy (non-hydrogen) atoms. The Morgan fingerprint density at radius 1 is 1.18 bits per heavy atom. The van der Waals surface area contributed by atoms with Crippen LogP contribution in [0.3, 0.4) is 0 Å². The van der Waals surface area contributed by atoms with Gasteiger partial charge in [0.15, 0.2) is 5.78 Å². The van der Waals surface area contributed by atoms with Crippen LogP contribution in [0.25, 0.3) is 0 Å². The maximum absolute atomic E-state index is 12.4. The van der Waals surface area contributed by atoms with Gasteiger partial charge in [-0.1, -0.05) is 29.8 Å². The van der Waals surface area contributed by atoms with Crippen molar-refractivity contribution in [3.63, 3.8) is 0 Å². The molecule has 3 heteroatoms. The molecular formula is C19H26N2O. The summed E-state index contributed by atoms with van der Waals surface area (Å²) in [5.74, 6) is 0.160. The van der Waals surface area contributed by atoms with Crippen molar-refractivity contribution < 1.29 is 4.79 Å². The average molecular weight is 298 g/mol. The smallest absolute Gasteiger partial charge is 0.178 e. The third-order valence-corrected chi connectivity index (χ3v) is 4.00. The van der Waals surface area contributed by atoms with Crippen molar-refractivity contribution in [1.82, 2.24) is 9.88 Å². The van der Waals surface area contributed by atoms with Gasteiger partial charge < -0.3 is 9.88 Å². The molecule has 0 fully saturated rings. The summed E-state index contributed by atoms with van der Waals surface area (Å²) in [5, 5.41) is 3.25. The van der Waals surface area contributed by atoms with Crippen molar-refractivity contribution in [3.05, 3.63) is 58.4 Å². The standard InChI is InChI=1S/C19H26N2O/c1-13(2)21-15(4)10-18(16(21)5)19(22)12-20-11-17-8-6-7-14(3)9-17/h6-10,13,20H,11-12H2,1-5H3. The zero-order chi connectivity index (χ0) is 16.3. The molecule has 0 aliphatic heterocycles. The molecule has 1 N–H and O–H groups in total. The molecular weight excluding hydrogens is 272 g/mol. The number of benzene rings is 1. The van der Waals surface area contributed by atoms with Gasteiger partial charge in [-0.15, -0.1) is 0 Å². The van der Waals surface area contributed by atoms with Gasteiger partial charge in [0.2, 0.25) is 0 Å². The summed E-state index contributed by atoms with van der Waals surface area (Å²) in [4.78, 5) is 12.4. The van der Waals surface area contributed by atoms with Gasteiger partial charge in [0.1, 0.15) is 0 Å². The number of hydrogen-bond donors (Lipinski definition) is 1. The molecule has 0 aliphatic carbocycles. The first kappa shape index (κ1) is 16.5. The summed E-state index contributed by atoms with van der Waals surface area (Å²) >= 11 is 0. The van der Waals surface area contributed by atoms with Crippen LogP contribution in [0.15, 0.2) is 30.3 Å². The molecule has 0 radical (unpaired) electrons. The molecule has 2 rings (SSSR count). The molecule has 0 atom stereocenters. The molecule has 0 spiro atoms. The van der Waals surface area contributed by atoms with E-state index in [0.29, 0.717) is 12.6 Å². The van der Waals surface area contributed by atoms with Crippen LogP contribution in [0.5, 0.6) is 0 Å². The zero-order valence-corrected chi connectivity index (χ0v) is 14.2. The molecule has 1 aromatic heterocycles. The van der Waals surface area contributed by atoms with Gasteiger partial charge in [-0.2, -0.15) is 0 Å². The number of ketones is 1. The highest BCUT2D eigenvalue weighted by molar-refractivity contribution is 5.99. The number of aryl methyl sites for hydroxylation is 2. The third kappa shape index (κ3) is 3.66. The number of nitrogens with zero attached hydrogens (tertiary/aromatic N) is 1. The Labute approximate surface area is 133 Å². The van der Waals surface area contributed by atoms with Crippen LogP contribution in [0.4, 0.5) is 0 Å². The van der Waals surface area contributed by atoms with Crippen molar-refractivity contribution in [1.29, 1.82) is 0 Å². The maximum atomic E-state index is 12.4. The topological polar surface area (TPSA) is 34.0 Å². The fourth-order valence-electron chi connectivity index (χ4n) is 3.09. The molecule has 0 amide bonds. The zero-order valence-electron chi connectivity index (χ0n) is 14.2. The Morgan fingerprint density at radius 3 is 2.50 bits per heavy atom. The number of rotatable bonds is 6. The van der Waals surface area contributed by atoms with E-state index in [9.17, 15) is 4.79 Å². The highest BCUT2D eigenvalue weighted by Crippen LogP contribution is 2.20. The minimum atomic E-state index is 0.160. The van der Waals surface area contributed by atoms with Crippen molar-refractivity contribution in [2.45, 2.75) is 47.2 Å². The summed E-state index contributed by atoms with van der Waals surface area (Å²) in [6.45, 7) is 11.5. The van der Waals surface area contributed by atoms with Crippen LogP contribution in [-0.2, 0) is 6.54 Å². The predicted molar refractivity (Wildman–Crippen MR) is 91.5 cm³/mol. The van der Waals surface area contributed by atoms with Crippen LogP contribution in [0.1, 0.15) is 52.8 Å². The number of carbonyl (C=O) groups is 1. The van der Waals surface area contributed by atoms with Crippen LogP contribution in [-0.4, -0.2) is 16.9 Å². The Morgan fingerprint density at radius 2 is 1.91 bits per heavy atom. The van der Waals surface area contributed by atoms with E-state index in [1.54, 1.807) is 0 Å². The molecule has 118 valence electrons. The number of carbonyl (C=O) groups excluding carboxylic acids is 1. The SMILES string of the molecule is Cc1cccc(CNCC(=O)c2cc(C)n(C(C)C)c2C)c1. The van der Waals surface area contributed by atoms with Gasteiger partial charge in [0, 0.05) is 29.5 Å². The lowest BCUT2D eigenvalue weighted by Gasteiger charge is -2.13. The fraction of sp³-hybridized carbons (Fsp3) is 0.421. The van der Waals surface area contributed by atoms with E-state index < -0.39 is 0 Å². The lowest BCUT2D eigenvalue weighted by molar-refractivity contribution is 0.0990. The summed E-state index contributed by atoms with van der Waals surface area (Å²) in [6.07, 6.45) is 0. The van der Waals surface area contributed by atoms with E-state index >= 15 is 0 Å². The Bertz CT molecular complexity index is 668. The lowest BCUT2D eigenvalue weighted by Crippen LogP contribution is -2.23. The van der Waals surface area contributed by atoms with E-state index in [0.717, 1.165) is 23.5 Å². The quantitative estimate of drug-likeness (QED) is 0.819. The van der Waals surface area contributed by atoms with Gasteiger partial charge in [0.25, 0.3) is 0 Å². The molecule has 0 saturated carbocycles. The molecule has 0 saturated heterocycles. The second-order valence-electron chi connectivity index (χ2n) is 6.26. The van der Waals surface area contributed by atoms with Crippen LogP contribution < -0.4 is 5.32 Å². The Kier molecular flexibility index (Phi) is 5.19. The summed E-state index contributed by atoms with van der Waals surface area (Å²) in [5.41, 5.74) is 5.50. The van der Waals surface area contributed by atoms with Crippen molar-refractivity contribution in [2.24, 2.45) is 0 Å². The van der Waals surface area contributed by atoms with E-state index in [2.05, 4.69) is 55.8 Å². The van der Waals surface area contributed by atoms with Crippen LogP contribution >= 0.6 is 0 Å². The molecule has 0 bridgehead atoms. The average Bonchev–Trinajstić information content (AvgIpc) is 2.74. The molecule has 1 heterocycles. The third-order valence-electron chi connectivity index (χ3n) is 4.00. The van der Waals surface area contributed by atoms with E-state index in [4.69, 9.17) is 0 Å². The second-order valence-corrected chi connectivity index (χ2v) is 6.26. The monoisotopic (exact) mass is 298 g/mol. The lowest BCUT2D eigenvalue weighted by atomic mass is 10.1. The number of nitrogens with one attached hydrogen (secondary N) is 1. The number of Topliss-reactive ketones (excluding diaryl/α,β-unsaturated/α-hetero) is 1. The molecule has 0 unspecified atom stereocenters. The molecule has 1 aromatic carbocycles. The maximum Gasteiger partial charge on any atom is 0.178 e. The van der Waals surface area contributed by atoms with Crippen molar-refractivity contribution in [3.8, 4) is 0 Å². The van der Waals surface area contributed by atoms with Gasteiger partial charge in [0.05, 0.1) is 6.54 Å². The van der Waals surface area contributed by atoms with Crippen molar-refractivity contribution in [2.75, 3.05) is 6.54 Å². The summed E-state index contributed by atoms with van der Waals surface area (Å²) in [6, 6.07) is 10.7. The van der Waals surface area contributed by atoms with Crippen LogP contribution in [0, 0.1) is 20.8 Å². The second kappa shape index (κ2) is 6.93. The van der Waals surface area contributed by atoms with Crippen LogP contribution in [0.2, 0.25) is 0 Å². The number of aromatic nitrogens is 1. The number of hydrogen-bond acceptors (Lipinski definition) is 2. The fourth-order valence-corrected chi connectivity index (χ4v) is 3.09. The molecule has 2 aromatic rings. The summed E-state index contributed by atoms with van der Waals surface area (Å²) in [7, 11) is 0. The van der Waals surface area contributed by atoms with Gasteiger partial charge in [-0.25, -0.2) is 0 Å². The highest BCUT2D eigenvalue weighted by atomic mass is 16.1. The van der Waals surface area contributed by atoms with Gasteiger partial charge in [-0.3, -0.25) is 4.79 Å². The predicted octanol–water partition coefficient (Wildman–Crippen LogP) is 3.97. The molecule has 0 aliphatic rings. The van der Waals surface area contributed by atoms with E-state index in [-0.39, 0.29) is 5.78 Å². The Balaban J connectivity index is 2.00. The van der Waals surface area contributed by atoms with Crippen molar-refractivity contribution >= 4 is 5.78 Å². The van der Waals surface area contributed by atoms with E-state index in [1.165, 1.54) is 11.1 Å². The first-order valence-electron chi connectivity index (χ1n) is 7.88.